The molecule has 0 aromatic heterocycles. The molecule has 2 aromatic rings. The van der Waals surface area contributed by atoms with Gasteiger partial charge in [0.1, 0.15) is 19.0 Å². The van der Waals surface area contributed by atoms with Crippen LogP contribution in [0.3, 0.4) is 0 Å². The fourth-order valence-electron chi connectivity index (χ4n) is 3.14. The fourth-order valence-corrected chi connectivity index (χ4v) is 3.14. The van der Waals surface area contributed by atoms with Crippen molar-refractivity contribution in [3.8, 4) is 17.2 Å². The molecule has 2 heterocycles. The SMILES string of the molecule is c1ccc2c(c1)CC(CNCc1ccc3c(c1)OCCO3)CO2. The Labute approximate surface area is 136 Å². The van der Waals surface area contributed by atoms with Gasteiger partial charge < -0.3 is 19.5 Å². The predicted molar refractivity (Wildman–Crippen MR) is 88.3 cm³/mol. The standard InChI is InChI=1S/C19H21NO3/c1-2-4-17-16(3-1)9-15(13-23-17)12-20-11-14-5-6-18-19(10-14)22-8-7-21-18/h1-6,10,15,20H,7-9,11-13H2. The third kappa shape index (κ3) is 3.27. The maximum absolute atomic E-state index is 5.84. The van der Waals surface area contributed by atoms with E-state index in [1.165, 1.54) is 11.1 Å². The maximum atomic E-state index is 5.84. The molecule has 2 aliphatic heterocycles. The van der Waals surface area contributed by atoms with Gasteiger partial charge >= 0.3 is 0 Å². The molecule has 0 saturated carbocycles. The number of fused-ring (bicyclic) bond motifs is 2. The number of nitrogens with one attached hydrogen (secondary N) is 1. The van der Waals surface area contributed by atoms with Gasteiger partial charge in [-0.05, 0) is 35.7 Å². The molecule has 4 nitrogen and oxygen atoms in total. The molecular formula is C19H21NO3. The molecule has 0 radical (unpaired) electrons. The molecule has 4 heteroatoms. The van der Waals surface area contributed by atoms with E-state index < -0.39 is 0 Å². The summed E-state index contributed by atoms with van der Waals surface area (Å²) in [7, 11) is 0. The van der Waals surface area contributed by atoms with E-state index in [0.29, 0.717) is 19.1 Å². The second-order valence-electron chi connectivity index (χ2n) is 6.10. The van der Waals surface area contributed by atoms with Crippen molar-refractivity contribution < 1.29 is 14.2 Å². The Morgan fingerprint density at radius 3 is 2.74 bits per heavy atom. The number of rotatable bonds is 4. The summed E-state index contributed by atoms with van der Waals surface area (Å²) < 4.78 is 17.0. The van der Waals surface area contributed by atoms with E-state index in [2.05, 4.69) is 29.6 Å². The van der Waals surface area contributed by atoms with Crippen LogP contribution in [-0.4, -0.2) is 26.4 Å². The van der Waals surface area contributed by atoms with Gasteiger partial charge in [-0.25, -0.2) is 0 Å². The largest absolute Gasteiger partial charge is 0.493 e. The van der Waals surface area contributed by atoms with Crippen molar-refractivity contribution in [3.05, 3.63) is 53.6 Å². The Morgan fingerprint density at radius 2 is 1.78 bits per heavy atom. The lowest BCUT2D eigenvalue weighted by Gasteiger charge is -2.25. The van der Waals surface area contributed by atoms with E-state index in [-0.39, 0.29) is 0 Å². The van der Waals surface area contributed by atoms with Gasteiger partial charge in [0.15, 0.2) is 11.5 Å². The number of benzene rings is 2. The summed E-state index contributed by atoms with van der Waals surface area (Å²) in [6, 6.07) is 14.5. The van der Waals surface area contributed by atoms with Crippen molar-refractivity contribution in [1.82, 2.24) is 5.32 Å². The van der Waals surface area contributed by atoms with Gasteiger partial charge in [0.05, 0.1) is 6.61 Å². The lowest BCUT2D eigenvalue weighted by Crippen LogP contribution is -2.31. The van der Waals surface area contributed by atoms with Gasteiger partial charge in [-0.3, -0.25) is 0 Å². The molecule has 2 aromatic carbocycles. The van der Waals surface area contributed by atoms with Gasteiger partial charge in [-0.1, -0.05) is 24.3 Å². The molecule has 0 amide bonds. The fraction of sp³-hybridized carbons (Fsp3) is 0.368. The molecule has 4 rings (SSSR count). The molecule has 0 aliphatic carbocycles. The summed E-state index contributed by atoms with van der Waals surface area (Å²) in [6.07, 6.45) is 1.07. The first-order valence-electron chi connectivity index (χ1n) is 8.18. The van der Waals surface area contributed by atoms with Crippen molar-refractivity contribution in [2.45, 2.75) is 13.0 Å². The second-order valence-corrected chi connectivity index (χ2v) is 6.10. The molecule has 0 spiro atoms. The first-order valence-corrected chi connectivity index (χ1v) is 8.18. The van der Waals surface area contributed by atoms with Crippen LogP contribution in [0.4, 0.5) is 0 Å². The molecule has 1 atom stereocenters. The van der Waals surface area contributed by atoms with Crippen LogP contribution in [0.5, 0.6) is 17.2 Å². The highest BCUT2D eigenvalue weighted by Crippen LogP contribution is 2.31. The summed E-state index contributed by atoms with van der Waals surface area (Å²) in [5.74, 6) is 3.25. The lowest BCUT2D eigenvalue weighted by atomic mass is 9.97. The number of para-hydroxylation sites is 1. The first-order chi connectivity index (χ1) is 11.4. The molecule has 23 heavy (non-hydrogen) atoms. The highest BCUT2D eigenvalue weighted by atomic mass is 16.6. The maximum Gasteiger partial charge on any atom is 0.161 e. The van der Waals surface area contributed by atoms with E-state index in [4.69, 9.17) is 14.2 Å². The van der Waals surface area contributed by atoms with Gasteiger partial charge in [0.25, 0.3) is 0 Å². The summed E-state index contributed by atoms with van der Waals surface area (Å²) in [5.41, 5.74) is 2.52. The normalized spacial score (nSPS) is 18.9. The van der Waals surface area contributed by atoms with Crippen LogP contribution in [0.25, 0.3) is 0 Å². The van der Waals surface area contributed by atoms with Crippen molar-refractivity contribution in [2.75, 3.05) is 26.4 Å². The van der Waals surface area contributed by atoms with Crippen molar-refractivity contribution in [1.29, 1.82) is 0 Å². The lowest BCUT2D eigenvalue weighted by molar-refractivity contribution is 0.171. The summed E-state index contributed by atoms with van der Waals surface area (Å²) >= 11 is 0. The minimum atomic E-state index is 0.516. The third-order valence-corrected chi connectivity index (χ3v) is 4.32. The number of ether oxygens (including phenoxy) is 3. The Balaban J connectivity index is 1.31. The van der Waals surface area contributed by atoms with E-state index in [9.17, 15) is 0 Å². The monoisotopic (exact) mass is 311 g/mol. The van der Waals surface area contributed by atoms with E-state index in [0.717, 1.165) is 43.4 Å². The highest BCUT2D eigenvalue weighted by molar-refractivity contribution is 5.43. The molecule has 0 fully saturated rings. The van der Waals surface area contributed by atoms with Crippen LogP contribution in [0, 0.1) is 5.92 Å². The number of hydrogen-bond donors (Lipinski definition) is 1. The van der Waals surface area contributed by atoms with Crippen LogP contribution >= 0.6 is 0 Å². The molecule has 0 saturated heterocycles. The van der Waals surface area contributed by atoms with E-state index >= 15 is 0 Å². The Morgan fingerprint density at radius 1 is 0.913 bits per heavy atom. The summed E-state index contributed by atoms with van der Waals surface area (Å²) in [6.45, 7) is 3.82. The average Bonchev–Trinajstić information content (AvgIpc) is 2.61. The van der Waals surface area contributed by atoms with Crippen molar-refractivity contribution in [3.63, 3.8) is 0 Å². The zero-order valence-electron chi connectivity index (χ0n) is 13.1. The summed E-state index contributed by atoms with van der Waals surface area (Å²) in [4.78, 5) is 0. The molecule has 0 bridgehead atoms. The van der Waals surface area contributed by atoms with Gasteiger partial charge in [-0.2, -0.15) is 0 Å². The Bertz CT molecular complexity index is 686. The van der Waals surface area contributed by atoms with Crippen LogP contribution in [-0.2, 0) is 13.0 Å². The van der Waals surface area contributed by atoms with E-state index in [1.807, 2.05) is 18.2 Å². The average molecular weight is 311 g/mol. The molecule has 1 unspecified atom stereocenters. The quantitative estimate of drug-likeness (QED) is 0.942. The van der Waals surface area contributed by atoms with Crippen LogP contribution in [0.15, 0.2) is 42.5 Å². The molecule has 120 valence electrons. The third-order valence-electron chi connectivity index (χ3n) is 4.32. The molecular weight excluding hydrogens is 290 g/mol. The van der Waals surface area contributed by atoms with Crippen molar-refractivity contribution >= 4 is 0 Å². The second kappa shape index (κ2) is 6.50. The topological polar surface area (TPSA) is 39.7 Å². The van der Waals surface area contributed by atoms with Crippen LogP contribution < -0.4 is 19.5 Å². The van der Waals surface area contributed by atoms with Gasteiger partial charge in [-0.15, -0.1) is 0 Å². The van der Waals surface area contributed by atoms with E-state index in [1.54, 1.807) is 0 Å². The molecule has 1 N–H and O–H groups in total. The minimum absolute atomic E-state index is 0.516. The molecule has 2 aliphatic rings. The smallest absolute Gasteiger partial charge is 0.161 e. The number of hydrogen-bond acceptors (Lipinski definition) is 4. The zero-order chi connectivity index (χ0) is 15.5. The van der Waals surface area contributed by atoms with Crippen LogP contribution in [0.1, 0.15) is 11.1 Å². The minimum Gasteiger partial charge on any atom is -0.493 e. The van der Waals surface area contributed by atoms with Gasteiger partial charge in [0, 0.05) is 19.0 Å². The summed E-state index contributed by atoms with van der Waals surface area (Å²) in [5, 5.41) is 3.53. The highest BCUT2D eigenvalue weighted by Gasteiger charge is 2.19. The Kier molecular flexibility index (Phi) is 4.07. The first kappa shape index (κ1) is 14.4. The van der Waals surface area contributed by atoms with Crippen LogP contribution in [0.2, 0.25) is 0 Å². The predicted octanol–water partition coefficient (Wildman–Crippen LogP) is 2.80. The van der Waals surface area contributed by atoms with Crippen molar-refractivity contribution in [2.24, 2.45) is 5.92 Å². The zero-order valence-corrected chi connectivity index (χ0v) is 13.1. The Hall–Kier alpha value is -2.20. The van der Waals surface area contributed by atoms with Gasteiger partial charge in [0.2, 0.25) is 0 Å².